The Labute approximate surface area is 260 Å². The van der Waals surface area contributed by atoms with Crippen molar-refractivity contribution in [3.63, 3.8) is 0 Å². The van der Waals surface area contributed by atoms with Gasteiger partial charge in [0.2, 0.25) is 0 Å². The third-order valence-corrected chi connectivity index (χ3v) is 8.80. The molecule has 0 aliphatic heterocycles. The molecule has 0 atom stereocenters. The van der Waals surface area contributed by atoms with Crippen LogP contribution in [0.1, 0.15) is 48.9 Å². The van der Waals surface area contributed by atoms with Gasteiger partial charge in [0.25, 0.3) is 5.56 Å². The lowest BCUT2D eigenvalue weighted by atomic mass is 9.85. The van der Waals surface area contributed by atoms with E-state index in [4.69, 9.17) is 16.6 Å². The molecule has 0 amide bonds. The van der Waals surface area contributed by atoms with Crippen molar-refractivity contribution >= 4 is 28.5 Å². The van der Waals surface area contributed by atoms with Crippen LogP contribution in [0.4, 0.5) is 0 Å². The summed E-state index contributed by atoms with van der Waals surface area (Å²) in [6, 6.07) is 32.8. The van der Waals surface area contributed by atoms with E-state index in [0.29, 0.717) is 40.1 Å². The molecule has 0 bridgehead atoms. The first-order valence-corrected chi connectivity index (χ1v) is 15.5. The molecule has 1 saturated carbocycles. The molecule has 44 heavy (non-hydrogen) atoms. The van der Waals surface area contributed by atoms with Crippen LogP contribution in [0.25, 0.3) is 45.1 Å². The molecule has 7 rings (SSSR count). The van der Waals surface area contributed by atoms with Crippen LogP contribution in [0.2, 0.25) is 5.02 Å². The van der Waals surface area contributed by atoms with E-state index in [0.717, 1.165) is 35.2 Å². The Kier molecular flexibility index (Phi) is 7.67. The van der Waals surface area contributed by atoms with Crippen LogP contribution in [0.5, 0.6) is 0 Å². The maximum atomic E-state index is 14.1. The number of Topliss-reactive ketones (excluding diaryl/α,β-unsaturated/α-hetero) is 1. The fraction of sp³-hybridized carbons (Fsp3) is 0.189. The summed E-state index contributed by atoms with van der Waals surface area (Å²) in [5.74, 6) is 1.09. The highest BCUT2D eigenvalue weighted by molar-refractivity contribution is 6.30. The molecule has 0 N–H and O–H groups in total. The maximum absolute atomic E-state index is 14.1. The van der Waals surface area contributed by atoms with Crippen LogP contribution >= 0.6 is 11.6 Å². The highest BCUT2D eigenvalue weighted by Gasteiger charge is 2.21. The number of halogens is 1. The van der Waals surface area contributed by atoms with Crippen molar-refractivity contribution in [3.8, 4) is 33.9 Å². The van der Waals surface area contributed by atoms with Gasteiger partial charge in [-0.15, -0.1) is 0 Å². The average Bonchev–Trinajstić information content (AvgIpc) is 3.51. The zero-order valence-corrected chi connectivity index (χ0v) is 25.0. The normalized spacial score (nSPS) is 13.8. The molecule has 0 unspecified atom stereocenters. The van der Waals surface area contributed by atoms with Crippen LogP contribution < -0.4 is 5.56 Å². The first kappa shape index (κ1) is 28.0. The Morgan fingerprint density at radius 1 is 0.773 bits per heavy atom. The van der Waals surface area contributed by atoms with Crippen molar-refractivity contribution in [1.29, 1.82) is 0 Å². The van der Waals surface area contributed by atoms with Gasteiger partial charge in [-0.3, -0.25) is 18.7 Å². The van der Waals surface area contributed by atoms with Gasteiger partial charge in [0.1, 0.15) is 12.2 Å². The second-order valence-electron chi connectivity index (χ2n) is 11.5. The molecule has 6 aromatic rings. The van der Waals surface area contributed by atoms with E-state index in [1.807, 2.05) is 66.7 Å². The molecule has 4 aromatic carbocycles. The predicted molar refractivity (Wildman–Crippen MR) is 176 cm³/mol. The highest BCUT2D eigenvalue weighted by Crippen LogP contribution is 2.29. The average molecular weight is 599 g/mol. The first-order valence-electron chi connectivity index (χ1n) is 15.1. The fourth-order valence-corrected chi connectivity index (χ4v) is 6.33. The molecular weight excluding hydrogens is 568 g/mol. The molecule has 0 saturated heterocycles. The minimum absolute atomic E-state index is 0.153. The Hall–Kier alpha value is -4.81. The van der Waals surface area contributed by atoms with Crippen molar-refractivity contribution in [1.82, 2.24) is 19.1 Å². The van der Waals surface area contributed by atoms with Gasteiger partial charge in [0.15, 0.2) is 16.9 Å². The van der Waals surface area contributed by atoms with E-state index >= 15 is 0 Å². The van der Waals surface area contributed by atoms with Gasteiger partial charge in [0.05, 0.1) is 5.69 Å². The number of hydrogen-bond donors (Lipinski definition) is 0. The van der Waals surface area contributed by atoms with Crippen molar-refractivity contribution in [2.24, 2.45) is 5.92 Å². The topological polar surface area (TPSA) is 69.8 Å². The second kappa shape index (κ2) is 12.1. The highest BCUT2D eigenvalue weighted by atomic mass is 35.5. The Balaban J connectivity index is 1.33. The van der Waals surface area contributed by atoms with Crippen molar-refractivity contribution in [3.05, 3.63) is 130 Å². The molecule has 1 aliphatic rings. The van der Waals surface area contributed by atoms with E-state index in [-0.39, 0.29) is 16.9 Å². The number of hydrogen-bond acceptors (Lipinski definition) is 4. The standard InChI is InChI=1S/C37H31ClN4O2/c38-30-18-20-31(21-19-30)42-35(28-16-14-27(15-17-28)26-10-5-2-6-11-26)40-36-34(37(42)44)39-24-41(36)32-13-7-12-29(23-32)33(43)22-25-8-3-1-4-9-25/h2,5-7,10-21,23-25H,1,3-4,8-9,22H2. The van der Waals surface area contributed by atoms with Gasteiger partial charge in [-0.25, -0.2) is 9.97 Å². The maximum Gasteiger partial charge on any atom is 0.286 e. The Morgan fingerprint density at radius 2 is 1.48 bits per heavy atom. The SMILES string of the molecule is O=C(CC1CCCCC1)c1cccc(-n2cnc3c(=O)n(-c4ccc(Cl)cc4)c(-c4ccc(-c5ccccc5)cc4)nc32)c1. The number of carbonyl (C=O) groups excluding carboxylic acids is 1. The van der Waals surface area contributed by atoms with Gasteiger partial charge in [-0.1, -0.05) is 110 Å². The van der Waals surface area contributed by atoms with Crippen LogP contribution in [0, 0.1) is 5.92 Å². The smallest absolute Gasteiger partial charge is 0.286 e. The third kappa shape index (κ3) is 5.49. The first-order chi connectivity index (χ1) is 21.5. The quantitative estimate of drug-likeness (QED) is 0.172. The number of aromatic nitrogens is 4. The Bertz CT molecular complexity index is 2010. The van der Waals surface area contributed by atoms with E-state index < -0.39 is 0 Å². The van der Waals surface area contributed by atoms with Crippen LogP contribution in [-0.4, -0.2) is 24.9 Å². The van der Waals surface area contributed by atoms with Crippen LogP contribution in [0.3, 0.4) is 0 Å². The predicted octanol–water partition coefficient (Wildman–Crippen LogP) is 8.71. The number of fused-ring (bicyclic) bond motifs is 1. The summed E-state index contributed by atoms with van der Waals surface area (Å²) in [4.78, 5) is 36.9. The van der Waals surface area contributed by atoms with Crippen molar-refractivity contribution in [2.75, 3.05) is 0 Å². The zero-order valence-electron chi connectivity index (χ0n) is 24.2. The van der Waals surface area contributed by atoms with Gasteiger partial charge >= 0.3 is 0 Å². The second-order valence-corrected chi connectivity index (χ2v) is 11.9. The summed E-state index contributed by atoms with van der Waals surface area (Å²) in [7, 11) is 0. The summed E-state index contributed by atoms with van der Waals surface area (Å²) < 4.78 is 3.37. The number of carbonyl (C=O) groups is 1. The zero-order chi connectivity index (χ0) is 30.0. The monoisotopic (exact) mass is 598 g/mol. The molecule has 2 heterocycles. The van der Waals surface area contributed by atoms with E-state index in [2.05, 4.69) is 17.1 Å². The molecule has 6 nitrogen and oxygen atoms in total. The molecular formula is C37H31ClN4O2. The van der Waals surface area contributed by atoms with E-state index in [1.165, 1.54) is 19.3 Å². The van der Waals surface area contributed by atoms with Gasteiger partial charge < -0.3 is 0 Å². The molecule has 1 fully saturated rings. The molecule has 2 aromatic heterocycles. The number of ketones is 1. The molecule has 218 valence electrons. The Morgan fingerprint density at radius 3 is 2.23 bits per heavy atom. The number of imidazole rings is 1. The summed E-state index contributed by atoms with van der Waals surface area (Å²) in [5, 5.41) is 0.576. The largest absolute Gasteiger partial charge is 0.294 e. The molecule has 0 radical (unpaired) electrons. The molecule has 7 heteroatoms. The summed E-state index contributed by atoms with van der Waals surface area (Å²) in [5.41, 5.74) is 5.38. The lowest BCUT2D eigenvalue weighted by molar-refractivity contribution is 0.0950. The van der Waals surface area contributed by atoms with Gasteiger partial charge in [-0.2, -0.15) is 0 Å². The van der Waals surface area contributed by atoms with E-state index in [9.17, 15) is 9.59 Å². The molecule has 0 spiro atoms. The summed E-state index contributed by atoms with van der Waals surface area (Å²) in [6.07, 6.45) is 8.09. The lowest BCUT2D eigenvalue weighted by Gasteiger charge is -2.20. The summed E-state index contributed by atoms with van der Waals surface area (Å²) >= 11 is 6.18. The number of benzene rings is 4. The van der Waals surface area contributed by atoms with Crippen LogP contribution in [0.15, 0.2) is 114 Å². The van der Waals surface area contributed by atoms with Gasteiger partial charge in [0, 0.05) is 28.3 Å². The fourth-order valence-electron chi connectivity index (χ4n) is 6.21. The number of nitrogens with zero attached hydrogens (tertiary/aromatic N) is 4. The number of rotatable bonds is 7. The van der Waals surface area contributed by atoms with E-state index in [1.54, 1.807) is 39.7 Å². The minimum Gasteiger partial charge on any atom is -0.294 e. The summed E-state index contributed by atoms with van der Waals surface area (Å²) in [6.45, 7) is 0. The third-order valence-electron chi connectivity index (χ3n) is 8.55. The van der Waals surface area contributed by atoms with Crippen molar-refractivity contribution in [2.45, 2.75) is 38.5 Å². The van der Waals surface area contributed by atoms with Gasteiger partial charge in [-0.05, 0) is 53.4 Å². The van der Waals surface area contributed by atoms with Crippen LogP contribution in [-0.2, 0) is 0 Å². The minimum atomic E-state index is -0.289. The molecule has 1 aliphatic carbocycles. The lowest BCUT2D eigenvalue weighted by Crippen LogP contribution is -2.22. The van der Waals surface area contributed by atoms with Crippen molar-refractivity contribution < 1.29 is 4.79 Å².